The topological polar surface area (TPSA) is 23.5 Å². The van der Waals surface area contributed by atoms with Gasteiger partial charge in [-0.1, -0.05) is 25.8 Å². The predicted octanol–water partition coefficient (Wildman–Crippen LogP) is 3.00. The van der Waals surface area contributed by atoms with Gasteiger partial charge in [-0.05, 0) is 32.2 Å². The Balaban J connectivity index is 0.00000144. The Kier molecular flexibility index (Phi) is 5.49. The molecule has 0 aromatic carbocycles. The molecule has 0 aromatic heterocycles. The van der Waals surface area contributed by atoms with Gasteiger partial charge in [0.1, 0.15) is 0 Å². The largest absolute Gasteiger partial charge is 0.385 e. The van der Waals surface area contributed by atoms with Gasteiger partial charge >= 0.3 is 0 Å². The first-order valence-electron chi connectivity index (χ1n) is 6.81. The highest BCUT2D eigenvalue weighted by molar-refractivity contribution is 5.85. The summed E-state index contributed by atoms with van der Waals surface area (Å²) in [5.74, 6) is 0.430. The Bertz CT molecular complexity index is 259. The van der Waals surface area contributed by atoms with E-state index in [1.165, 1.54) is 38.6 Å². The van der Waals surface area contributed by atoms with E-state index >= 15 is 0 Å². The van der Waals surface area contributed by atoms with E-state index in [-0.39, 0.29) is 12.4 Å². The van der Waals surface area contributed by atoms with Gasteiger partial charge < -0.3 is 5.11 Å². The van der Waals surface area contributed by atoms with Crippen LogP contribution < -0.4 is 0 Å². The van der Waals surface area contributed by atoms with Crippen molar-refractivity contribution in [3.05, 3.63) is 12.7 Å². The second-order valence-electron chi connectivity index (χ2n) is 5.44. The molecular formula is C14H26ClNO. The van der Waals surface area contributed by atoms with Gasteiger partial charge in [-0.15, -0.1) is 19.0 Å². The van der Waals surface area contributed by atoms with Crippen molar-refractivity contribution in [2.24, 2.45) is 5.92 Å². The van der Waals surface area contributed by atoms with Crippen molar-refractivity contribution < 1.29 is 5.11 Å². The maximum absolute atomic E-state index is 10.6. The summed E-state index contributed by atoms with van der Waals surface area (Å²) in [6.45, 7) is 8.32. The van der Waals surface area contributed by atoms with Crippen LogP contribution in [0, 0.1) is 5.92 Å². The number of hydrogen-bond acceptors (Lipinski definition) is 2. The van der Waals surface area contributed by atoms with E-state index in [9.17, 15) is 5.11 Å². The molecule has 0 amide bonds. The summed E-state index contributed by atoms with van der Waals surface area (Å²) in [6.07, 6.45) is 8.94. The SMILES string of the molecule is C=CC1(O)CCN(CCC)C2CCCCC21.Cl. The van der Waals surface area contributed by atoms with E-state index in [2.05, 4.69) is 18.4 Å². The fourth-order valence-corrected chi connectivity index (χ4v) is 3.62. The molecule has 1 saturated carbocycles. The van der Waals surface area contributed by atoms with Crippen LogP contribution in [0.25, 0.3) is 0 Å². The summed E-state index contributed by atoms with van der Waals surface area (Å²) in [5.41, 5.74) is -0.588. The van der Waals surface area contributed by atoms with Gasteiger partial charge in [0.25, 0.3) is 0 Å². The van der Waals surface area contributed by atoms with Crippen LogP contribution in [0.4, 0.5) is 0 Å². The average Bonchev–Trinajstić information content (AvgIpc) is 2.34. The molecule has 1 saturated heterocycles. The fraction of sp³-hybridized carbons (Fsp3) is 0.857. The first-order valence-corrected chi connectivity index (χ1v) is 6.81. The Morgan fingerprint density at radius 2 is 2.12 bits per heavy atom. The molecule has 0 radical (unpaired) electrons. The monoisotopic (exact) mass is 259 g/mol. The Labute approximate surface area is 111 Å². The lowest BCUT2D eigenvalue weighted by Crippen LogP contribution is -2.58. The molecule has 0 spiro atoms. The molecule has 2 rings (SSSR count). The van der Waals surface area contributed by atoms with Gasteiger partial charge in [0, 0.05) is 18.5 Å². The molecule has 0 bridgehead atoms. The molecule has 0 aromatic rings. The second kappa shape index (κ2) is 6.21. The van der Waals surface area contributed by atoms with Crippen LogP contribution in [0.15, 0.2) is 12.7 Å². The van der Waals surface area contributed by atoms with Crippen molar-refractivity contribution in [2.75, 3.05) is 13.1 Å². The molecule has 3 atom stereocenters. The molecule has 1 heterocycles. The minimum absolute atomic E-state index is 0. The number of fused-ring (bicyclic) bond motifs is 1. The molecule has 17 heavy (non-hydrogen) atoms. The lowest BCUT2D eigenvalue weighted by molar-refractivity contribution is -0.0838. The van der Waals surface area contributed by atoms with Crippen LogP contribution in [0.1, 0.15) is 45.4 Å². The van der Waals surface area contributed by atoms with Crippen LogP contribution in [0.2, 0.25) is 0 Å². The van der Waals surface area contributed by atoms with E-state index in [0.717, 1.165) is 13.0 Å². The third-order valence-electron chi connectivity index (χ3n) is 4.50. The van der Waals surface area contributed by atoms with Crippen LogP contribution >= 0.6 is 12.4 Å². The molecule has 100 valence electrons. The Hall–Kier alpha value is -0.0500. The number of halogens is 1. The highest BCUT2D eigenvalue weighted by Crippen LogP contribution is 2.41. The summed E-state index contributed by atoms with van der Waals surface area (Å²) in [6, 6.07) is 0.602. The third kappa shape index (κ3) is 2.86. The lowest BCUT2D eigenvalue weighted by atomic mass is 9.69. The maximum Gasteiger partial charge on any atom is 0.0880 e. The van der Waals surface area contributed by atoms with Crippen molar-refractivity contribution in [1.82, 2.24) is 4.90 Å². The predicted molar refractivity (Wildman–Crippen MR) is 74.6 cm³/mol. The molecule has 3 unspecified atom stereocenters. The average molecular weight is 260 g/mol. The minimum atomic E-state index is -0.588. The van der Waals surface area contributed by atoms with Gasteiger partial charge in [0.15, 0.2) is 0 Å². The van der Waals surface area contributed by atoms with E-state index in [0.29, 0.717) is 12.0 Å². The van der Waals surface area contributed by atoms with Gasteiger partial charge in [-0.2, -0.15) is 0 Å². The molecular weight excluding hydrogens is 234 g/mol. The Morgan fingerprint density at radius 1 is 1.41 bits per heavy atom. The van der Waals surface area contributed by atoms with Crippen molar-refractivity contribution in [3.63, 3.8) is 0 Å². The second-order valence-corrected chi connectivity index (χ2v) is 5.44. The highest BCUT2D eigenvalue weighted by atomic mass is 35.5. The van der Waals surface area contributed by atoms with Gasteiger partial charge in [0.05, 0.1) is 5.60 Å². The van der Waals surface area contributed by atoms with E-state index in [1.54, 1.807) is 6.08 Å². The number of aliphatic hydroxyl groups is 1. The van der Waals surface area contributed by atoms with Crippen LogP contribution in [0.5, 0.6) is 0 Å². The van der Waals surface area contributed by atoms with E-state index in [1.807, 2.05) is 0 Å². The number of likely N-dealkylation sites (tertiary alicyclic amines) is 1. The number of rotatable bonds is 3. The van der Waals surface area contributed by atoms with E-state index < -0.39 is 5.60 Å². The van der Waals surface area contributed by atoms with E-state index in [4.69, 9.17) is 0 Å². The van der Waals surface area contributed by atoms with Crippen molar-refractivity contribution in [2.45, 2.75) is 57.1 Å². The normalized spacial score (nSPS) is 38.0. The minimum Gasteiger partial charge on any atom is -0.385 e. The molecule has 2 nitrogen and oxygen atoms in total. The van der Waals surface area contributed by atoms with Crippen LogP contribution in [-0.2, 0) is 0 Å². The third-order valence-corrected chi connectivity index (χ3v) is 4.50. The molecule has 1 N–H and O–H groups in total. The standard InChI is InChI=1S/C14H25NO.ClH/c1-3-10-15-11-9-14(16,4-2)12-7-5-6-8-13(12)15;/h4,12-13,16H,2-3,5-11H2,1H3;1H. The maximum atomic E-state index is 10.6. The zero-order valence-electron chi connectivity index (χ0n) is 10.9. The van der Waals surface area contributed by atoms with Crippen LogP contribution in [0.3, 0.4) is 0 Å². The quantitative estimate of drug-likeness (QED) is 0.788. The van der Waals surface area contributed by atoms with Gasteiger partial charge in [0.2, 0.25) is 0 Å². The van der Waals surface area contributed by atoms with Crippen molar-refractivity contribution in [1.29, 1.82) is 0 Å². The summed E-state index contributed by atoms with van der Waals surface area (Å²) < 4.78 is 0. The molecule has 1 aliphatic heterocycles. The zero-order valence-corrected chi connectivity index (χ0v) is 11.7. The molecule has 3 heteroatoms. The summed E-state index contributed by atoms with van der Waals surface area (Å²) in [7, 11) is 0. The molecule has 1 aliphatic carbocycles. The molecule has 2 aliphatic rings. The lowest BCUT2D eigenvalue weighted by Gasteiger charge is -2.51. The van der Waals surface area contributed by atoms with Gasteiger partial charge in [-0.3, -0.25) is 4.90 Å². The van der Waals surface area contributed by atoms with Crippen LogP contribution in [-0.4, -0.2) is 34.7 Å². The number of nitrogens with zero attached hydrogens (tertiary/aromatic N) is 1. The molecule has 2 fully saturated rings. The summed E-state index contributed by atoms with van der Waals surface area (Å²) in [4.78, 5) is 2.60. The number of piperidine rings is 1. The van der Waals surface area contributed by atoms with Crippen molar-refractivity contribution >= 4 is 12.4 Å². The Morgan fingerprint density at radius 3 is 2.76 bits per heavy atom. The summed E-state index contributed by atoms with van der Waals surface area (Å²) >= 11 is 0. The van der Waals surface area contributed by atoms with Gasteiger partial charge in [-0.25, -0.2) is 0 Å². The number of hydrogen-bond donors (Lipinski definition) is 1. The smallest absolute Gasteiger partial charge is 0.0880 e. The highest BCUT2D eigenvalue weighted by Gasteiger charge is 2.45. The van der Waals surface area contributed by atoms with Crippen molar-refractivity contribution in [3.8, 4) is 0 Å². The first-order chi connectivity index (χ1) is 7.71. The first kappa shape index (κ1) is 15.0. The fourth-order valence-electron chi connectivity index (χ4n) is 3.62. The zero-order chi connectivity index (χ0) is 11.6. The summed E-state index contributed by atoms with van der Waals surface area (Å²) in [5, 5.41) is 10.6.